The van der Waals surface area contributed by atoms with Gasteiger partial charge in [-0.15, -0.1) is 0 Å². The number of carboxylic acid groups (broad SMARTS) is 1. The van der Waals surface area contributed by atoms with Gasteiger partial charge in [0.25, 0.3) is 0 Å². The summed E-state index contributed by atoms with van der Waals surface area (Å²) < 4.78 is 0. The van der Waals surface area contributed by atoms with Gasteiger partial charge in [0, 0.05) is 13.1 Å². The number of aliphatic hydroxyl groups is 1. The molecule has 1 saturated heterocycles. The Morgan fingerprint density at radius 3 is 2.83 bits per heavy atom. The Hall–Kier alpha value is -0.610. The fourth-order valence-corrected chi connectivity index (χ4v) is 1.57. The summed E-state index contributed by atoms with van der Waals surface area (Å²) in [5, 5.41) is 17.7. The van der Waals surface area contributed by atoms with Crippen molar-refractivity contribution in [1.29, 1.82) is 0 Å². The standard InChI is InChI=1S/C8H15NO3/c1-6(10)4-9-3-2-7(5-9)8(11)12/h6-7,10H,2-5H2,1H3,(H,11,12). The number of likely N-dealkylation sites (tertiary alicyclic amines) is 1. The molecule has 2 atom stereocenters. The lowest BCUT2D eigenvalue weighted by molar-refractivity contribution is -0.141. The van der Waals surface area contributed by atoms with Crippen LogP contribution in [0, 0.1) is 5.92 Å². The quantitative estimate of drug-likeness (QED) is 0.619. The van der Waals surface area contributed by atoms with Crippen molar-refractivity contribution >= 4 is 5.97 Å². The Labute approximate surface area is 71.8 Å². The van der Waals surface area contributed by atoms with E-state index in [1.54, 1.807) is 6.92 Å². The Morgan fingerprint density at radius 1 is 1.75 bits per heavy atom. The molecular formula is C8H15NO3. The second-order valence-electron chi connectivity index (χ2n) is 3.43. The summed E-state index contributed by atoms with van der Waals surface area (Å²) in [6.45, 7) is 3.68. The largest absolute Gasteiger partial charge is 0.481 e. The molecule has 1 aliphatic heterocycles. The van der Waals surface area contributed by atoms with Crippen molar-refractivity contribution in [1.82, 2.24) is 4.90 Å². The molecule has 4 heteroatoms. The summed E-state index contributed by atoms with van der Waals surface area (Å²) in [5.74, 6) is -0.952. The molecule has 0 amide bonds. The van der Waals surface area contributed by atoms with Gasteiger partial charge < -0.3 is 10.2 Å². The molecule has 12 heavy (non-hydrogen) atoms. The first-order chi connectivity index (χ1) is 5.59. The maximum atomic E-state index is 10.5. The summed E-state index contributed by atoms with van der Waals surface area (Å²) in [5.41, 5.74) is 0. The maximum Gasteiger partial charge on any atom is 0.307 e. The Bertz CT molecular complexity index is 170. The molecule has 0 spiro atoms. The maximum absolute atomic E-state index is 10.5. The number of hydrogen-bond acceptors (Lipinski definition) is 3. The van der Waals surface area contributed by atoms with Crippen molar-refractivity contribution in [3.05, 3.63) is 0 Å². The van der Waals surface area contributed by atoms with E-state index in [0.29, 0.717) is 19.5 Å². The van der Waals surface area contributed by atoms with E-state index in [-0.39, 0.29) is 12.0 Å². The number of rotatable bonds is 3. The molecule has 1 fully saturated rings. The van der Waals surface area contributed by atoms with Gasteiger partial charge in [-0.05, 0) is 19.9 Å². The van der Waals surface area contributed by atoms with Crippen molar-refractivity contribution < 1.29 is 15.0 Å². The number of carboxylic acids is 1. The van der Waals surface area contributed by atoms with Gasteiger partial charge in [-0.25, -0.2) is 0 Å². The van der Waals surface area contributed by atoms with Crippen LogP contribution < -0.4 is 0 Å². The molecule has 4 nitrogen and oxygen atoms in total. The van der Waals surface area contributed by atoms with E-state index in [1.807, 2.05) is 4.90 Å². The van der Waals surface area contributed by atoms with Crippen LogP contribution in [0.15, 0.2) is 0 Å². The van der Waals surface area contributed by atoms with Crippen LogP contribution >= 0.6 is 0 Å². The molecule has 0 aromatic rings. The van der Waals surface area contributed by atoms with Crippen molar-refractivity contribution in [2.75, 3.05) is 19.6 Å². The lowest BCUT2D eigenvalue weighted by Crippen LogP contribution is -2.29. The van der Waals surface area contributed by atoms with Gasteiger partial charge in [-0.3, -0.25) is 9.69 Å². The molecule has 2 unspecified atom stereocenters. The number of β-amino-alcohol motifs (C(OH)–C–C–N with tert-alkyl or cyclic N) is 1. The van der Waals surface area contributed by atoms with E-state index in [9.17, 15) is 4.79 Å². The van der Waals surface area contributed by atoms with Gasteiger partial charge in [-0.1, -0.05) is 0 Å². The second-order valence-corrected chi connectivity index (χ2v) is 3.43. The molecule has 1 aliphatic rings. The summed E-state index contributed by atoms with van der Waals surface area (Å²) in [6.07, 6.45) is 0.347. The average molecular weight is 173 g/mol. The summed E-state index contributed by atoms with van der Waals surface area (Å²) in [4.78, 5) is 12.5. The number of nitrogens with zero attached hydrogens (tertiary/aromatic N) is 1. The van der Waals surface area contributed by atoms with Crippen LogP contribution in [0.25, 0.3) is 0 Å². The van der Waals surface area contributed by atoms with E-state index in [2.05, 4.69) is 0 Å². The van der Waals surface area contributed by atoms with Gasteiger partial charge in [-0.2, -0.15) is 0 Å². The Morgan fingerprint density at radius 2 is 2.42 bits per heavy atom. The van der Waals surface area contributed by atoms with Crippen molar-refractivity contribution in [2.24, 2.45) is 5.92 Å². The van der Waals surface area contributed by atoms with Gasteiger partial charge in [0.2, 0.25) is 0 Å². The van der Waals surface area contributed by atoms with Crippen LogP contribution in [0.4, 0.5) is 0 Å². The van der Waals surface area contributed by atoms with E-state index >= 15 is 0 Å². The van der Waals surface area contributed by atoms with Gasteiger partial charge in [0.1, 0.15) is 0 Å². The molecule has 0 radical (unpaired) electrons. The van der Waals surface area contributed by atoms with Crippen LogP contribution in [0.5, 0.6) is 0 Å². The molecule has 2 N–H and O–H groups in total. The van der Waals surface area contributed by atoms with Gasteiger partial charge >= 0.3 is 5.97 Å². The highest BCUT2D eigenvalue weighted by atomic mass is 16.4. The van der Waals surface area contributed by atoms with Gasteiger partial charge in [0.15, 0.2) is 0 Å². The summed E-state index contributed by atoms with van der Waals surface area (Å²) in [6, 6.07) is 0. The first-order valence-corrected chi connectivity index (χ1v) is 4.23. The Kier molecular flexibility index (Phi) is 3.05. The summed E-state index contributed by atoms with van der Waals surface area (Å²) >= 11 is 0. The lowest BCUT2D eigenvalue weighted by Gasteiger charge is -2.16. The minimum absolute atomic E-state index is 0.233. The molecule has 1 rings (SSSR count). The molecule has 0 bridgehead atoms. The molecule has 1 heterocycles. The van der Waals surface area contributed by atoms with Crippen LogP contribution in [0.1, 0.15) is 13.3 Å². The summed E-state index contributed by atoms with van der Waals surface area (Å²) in [7, 11) is 0. The lowest BCUT2D eigenvalue weighted by atomic mass is 10.1. The monoisotopic (exact) mass is 173 g/mol. The molecule has 0 aromatic heterocycles. The highest BCUT2D eigenvalue weighted by molar-refractivity contribution is 5.70. The first kappa shape index (κ1) is 9.48. The molecule has 0 saturated carbocycles. The topological polar surface area (TPSA) is 60.8 Å². The fourth-order valence-electron chi connectivity index (χ4n) is 1.57. The number of aliphatic hydroxyl groups excluding tert-OH is 1. The van der Waals surface area contributed by atoms with Crippen LogP contribution in [-0.2, 0) is 4.79 Å². The zero-order valence-electron chi connectivity index (χ0n) is 7.23. The molecule has 70 valence electrons. The number of hydrogen-bond donors (Lipinski definition) is 2. The fraction of sp³-hybridized carbons (Fsp3) is 0.875. The van der Waals surface area contributed by atoms with Crippen LogP contribution in [0.2, 0.25) is 0 Å². The first-order valence-electron chi connectivity index (χ1n) is 4.23. The minimum atomic E-state index is -0.719. The molecule has 0 aromatic carbocycles. The van der Waals surface area contributed by atoms with Crippen molar-refractivity contribution in [3.8, 4) is 0 Å². The highest BCUT2D eigenvalue weighted by Gasteiger charge is 2.27. The third-order valence-corrected chi connectivity index (χ3v) is 2.14. The van der Waals surface area contributed by atoms with Crippen LogP contribution in [-0.4, -0.2) is 46.8 Å². The molecule has 0 aliphatic carbocycles. The third kappa shape index (κ3) is 2.46. The van der Waals surface area contributed by atoms with E-state index in [4.69, 9.17) is 10.2 Å². The van der Waals surface area contributed by atoms with Gasteiger partial charge in [0.05, 0.1) is 12.0 Å². The van der Waals surface area contributed by atoms with E-state index < -0.39 is 5.97 Å². The van der Waals surface area contributed by atoms with E-state index in [0.717, 1.165) is 6.54 Å². The number of aliphatic carboxylic acids is 1. The predicted molar refractivity (Wildman–Crippen MR) is 43.9 cm³/mol. The third-order valence-electron chi connectivity index (χ3n) is 2.14. The zero-order chi connectivity index (χ0) is 9.14. The predicted octanol–water partition coefficient (Wildman–Crippen LogP) is -0.226. The normalized spacial score (nSPS) is 27.3. The van der Waals surface area contributed by atoms with Crippen molar-refractivity contribution in [2.45, 2.75) is 19.4 Å². The van der Waals surface area contributed by atoms with E-state index in [1.165, 1.54) is 0 Å². The Balaban J connectivity index is 2.30. The van der Waals surface area contributed by atoms with Crippen LogP contribution in [0.3, 0.4) is 0 Å². The number of carbonyl (C=O) groups is 1. The highest BCUT2D eigenvalue weighted by Crippen LogP contribution is 2.15. The zero-order valence-corrected chi connectivity index (χ0v) is 7.23. The second kappa shape index (κ2) is 3.87. The average Bonchev–Trinajstić information content (AvgIpc) is 2.34. The SMILES string of the molecule is CC(O)CN1CCC(C(=O)O)C1. The minimum Gasteiger partial charge on any atom is -0.481 e. The van der Waals surface area contributed by atoms with Crippen molar-refractivity contribution in [3.63, 3.8) is 0 Å². The smallest absolute Gasteiger partial charge is 0.307 e. The molecular weight excluding hydrogens is 158 g/mol.